The molecule has 0 saturated carbocycles. The van der Waals surface area contributed by atoms with Crippen molar-refractivity contribution in [3.05, 3.63) is 101 Å². The molecule has 0 radical (unpaired) electrons. The van der Waals surface area contributed by atoms with E-state index in [0.29, 0.717) is 18.9 Å². The fourth-order valence-corrected chi connectivity index (χ4v) is 8.83. The Morgan fingerprint density at radius 3 is 2.52 bits per heavy atom. The molecule has 10 nitrogen and oxygen atoms in total. The first-order valence-electron chi connectivity index (χ1n) is 22.8. The number of fused-ring (bicyclic) bond motifs is 2. The summed E-state index contributed by atoms with van der Waals surface area (Å²) in [6.07, 6.45) is 12.5. The van der Waals surface area contributed by atoms with Crippen molar-refractivity contribution in [3.63, 3.8) is 0 Å². The molecule has 1 fully saturated rings. The van der Waals surface area contributed by atoms with Gasteiger partial charge in [-0.25, -0.2) is 9.97 Å². The van der Waals surface area contributed by atoms with Crippen LogP contribution in [0.1, 0.15) is 107 Å². The van der Waals surface area contributed by atoms with Gasteiger partial charge in [0, 0.05) is 67.6 Å². The zero-order valence-electron chi connectivity index (χ0n) is 37.3. The van der Waals surface area contributed by atoms with Crippen LogP contribution in [0.25, 0.3) is 0 Å². The van der Waals surface area contributed by atoms with Crippen LogP contribution in [-0.2, 0) is 24.2 Å². The minimum Gasteiger partial charge on any atom is -0.474 e. The highest BCUT2D eigenvalue weighted by atomic mass is 16.5. The van der Waals surface area contributed by atoms with E-state index in [1.807, 2.05) is 20.0 Å². The number of carbonyl (C=O) groups is 1. The van der Waals surface area contributed by atoms with E-state index < -0.39 is 0 Å². The van der Waals surface area contributed by atoms with E-state index in [2.05, 4.69) is 125 Å². The average molecular weight is 815 g/mol. The Kier molecular flexibility index (Phi) is 16.1. The van der Waals surface area contributed by atoms with Gasteiger partial charge in [-0.1, -0.05) is 65.7 Å². The molecule has 1 amide bonds. The molecule has 0 spiro atoms. The quantitative estimate of drug-likeness (QED) is 0.0900. The number of piperidine rings is 1. The maximum Gasteiger partial charge on any atom is 0.237 e. The van der Waals surface area contributed by atoms with Gasteiger partial charge in [0.1, 0.15) is 18.1 Å². The number of unbranched alkanes of at least 4 members (excludes halogenated alkanes) is 1. The van der Waals surface area contributed by atoms with Gasteiger partial charge in [-0.05, 0) is 117 Å². The summed E-state index contributed by atoms with van der Waals surface area (Å²) >= 11 is 0. The van der Waals surface area contributed by atoms with Gasteiger partial charge in [-0.15, -0.1) is 0 Å². The molecular formula is C50H70N8O2. The van der Waals surface area contributed by atoms with Crippen LogP contribution < -0.4 is 35.4 Å². The van der Waals surface area contributed by atoms with Crippen molar-refractivity contribution < 1.29 is 9.53 Å². The van der Waals surface area contributed by atoms with E-state index >= 15 is 0 Å². The maximum atomic E-state index is 12.5. The van der Waals surface area contributed by atoms with E-state index in [-0.39, 0.29) is 5.91 Å². The van der Waals surface area contributed by atoms with Gasteiger partial charge >= 0.3 is 0 Å². The fourth-order valence-electron chi connectivity index (χ4n) is 8.83. The van der Waals surface area contributed by atoms with Gasteiger partial charge in [0.15, 0.2) is 0 Å². The Balaban J connectivity index is 0.00000297. The first-order valence-corrected chi connectivity index (χ1v) is 22.8. The molecule has 4 aromatic rings. The second kappa shape index (κ2) is 21.8. The average Bonchev–Trinajstić information content (AvgIpc) is 3.27. The highest BCUT2D eigenvalue weighted by Gasteiger charge is 2.24. The summed E-state index contributed by atoms with van der Waals surface area (Å²) < 4.78 is 5.76. The van der Waals surface area contributed by atoms with Crippen molar-refractivity contribution in [2.24, 2.45) is 5.92 Å². The Labute approximate surface area is 360 Å². The molecule has 1 saturated heterocycles. The molecule has 0 aliphatic carbocycles. The van der Waals surface area contributed by atoms with Crippen LogP contribution in [0.15, 0.2) is 73.1 Å². The number of hydrogen-bond acceptors (Lipinski definition) is 9. The molecule has 60 heavy (non-hydrogen) atoms. The van der Waals surface area contributed by atoms with Crippen LogP contribution in [0.3, 0.4) is 0 Å². The van der Waals surface area contributed by atoms with E-state index in [0.717, 1.165) is 117 Å². The molecule has 7 rings (SSSR count). The molecule has 322 valence electrons. The number of aromatic nitrogens is 2. The smallest absolute Gasteiger partial charge is 0.237 e. The Bertz CT molecular complexity index is 2020. The number of anilines is 6. The predicted octanol–water partition coefficient (Wildman–Crippen LogP) is 10.5. The number of ether oxygens (including phenoxy) is 1. The SMILES string of the molecule is C=C(CCC)NC(=O)Cc1ccc(N(CCC)CCCCC2CCN(c3ccc(Nc4ccc5c(n4)CN(c4cnc6c(c4C)NCCO6)CC5)cc3)CC2)cc1C.CC. The van der Waals surface area contributed by atoms with Crippen molar-refractivity contribution >= 4 is 40.2 Å². The van der Waals surface area contributed by atoms with Crippen LogP contribution in [0.2, 0.25) is 0 Å². The Hall–Kier alpha value is -5.25. The standard InChI is InChI=1S/C48H64N8O2.C2H6/c1-6-10-35(4)51-46(57)31-39-12-16-42(30-34(39)3)54(24-7-2)25-9-8-11-37-20-26-55(27-21-37)41-17-14-40(15-18-41)52-45-19-13-38-22-28-56(33-43(38)53-45)44-32-50-48-47(36(44)5)49-23-29-58-48;1-2/h12-19,30,32,37,49H,4,6-11,20-29,31,33H2,1-3,5H3,(H,51,57)(H,52,53);1-2H3. The van der Waals surface area contributed by atoms with Gasteiger partial charge in [0.2, 0.25) is 11.8 Å². The summed E-state index contributed by atoms with van der Waals surface area (Å²) in [5, 5.41) is 9.99. The summed E-state index contributed by atoms with van der Waals surface area (Å²) in [6.45, 7) is 24.1. The lowest BCUT2D eigenvalue weighted by Gasteiger charge is -2.34. The first kappa shape index (κ1) is 44.3. The third kappa shape index (κ3) is 11.5. The zero-order chi connectivity index (χ0) is 42.4. The van der Waals surface area contributed by atoms with Crippen LogP contribution in [0.4, 0.5) is 34.3 Å². The molecular weight excluding hydrogens is 745 g/mol. The number of nitrogens with one attached hydrogen (secondary N) is 3. The second-order valence-electron chi connectivity index (χ2n) is 16.5. The number of rotatable bonds is 17. The summed E-state index contributed by atoms with van der Waals surface area (Å²) in [5.74, 6) is 2.39. The molecule has 5 heterocycles. The zero-order valence-corrected chi connectivity index (χ0v) is 37.3. The molecule has 0 bridgehead atoms. The van der Waals surface area contributed by atoms with Crippen LogP contribution in [0, 0.1) is 19.8 Å². The minimum absolute atomic E-state index is 0.0216. The fraction of sp³-hybridized carbons (Fsp3) is 0.500. The van der Waals surface area contributed by atoms with Gasteiger partial charge < -0.3 is 35.4 Å². The highest BCUT2D eigenvalue weighted by molar-refractivity contribution is 5.80. The summed E-state index contributed by atoms with van der Waals surface area (Å²) in [5.41, 5.74) is 12.4. The number of carbonyl (C=O) groups excluding carboxylic acids is 1. The van der Waals surface area contributed by atoms with Crippen molar-refractivity contribution in [1.29, 1.82) is 0 Å². The normalized spacial score (nSPS) is 14.8. The predicted molar refractivity (Wildman–Crippen MR) is 251 cm³/mol. The molecule has 2 aromatic heterocycles. The second-order valence-corrected chi connectivity index (χ2v) is 16.5. The van der Waals surface area contributed by atoms with Crippen molar-refractivity contribution in [2.75, 3.05) is 71.2 Å². The molecule has 3 N–H and O–H groups in total. The van der Waals surface area contributed by atoms with E-state index in [1.54, 1.807) is 0 Å². The van der Waals surface area contributed by atoms with Gasteiger partial charge in [0.05, 0.1) is 30.5 Å². The summed E-state index contributed by atoms with van der Waals surface area (Å²) in [6, 6.07) is 19.8. The van der Waals surface area contributed by atoms with Crippen LogP contribution in [0.5, 0.6) is 5.88 Å². The number of nitrogens with zero attached hydrogens (tertiary/aromatic N) is 5. The molecule has 0 unspecified atom stereocenters. The van der Waals surface area contributed by atoms with Crippen LogP contribution >= 0.6 is 0 Å². The minimum atomic E-state index is 0.0216. The number of pyridine rings is 2. The number of allylic oxidation sites excluding steroid dienone is 1. The van der Waals surface area contributed by atoms with Crippen LogP contribution in [-0.4, -0.2) is 61.8 Å². The lowest BCUT2D eigenvalue weighted by Crippen LogP contribution is -2.33. The first-order chi connectivity index (χ1) is 29.3. The summed E-state index contributed by atoms with van der Waals surface area (Å²) in [7, 11) is 0. The largest absolute Gasteiger partial charge is 0.474 e. The molecule has 3 aliphatic rings. The highest BCUT2D eigenvalue weighted by Crippen LogP contribution is 2.36. The van der Waals surface area contributed by atoms with Gasteiger partial charge in [0.25, 0.3) is 0 Å². The van der Waals surface area contributed by atoms with Gasteiger partial charge in [-0.3, -0.25) is 4.79 Å². The van der Waals surface area contributed by atoms with Gasteiger partial charge in [-0.2, -0.15) is 0 Å². The third-order valence-corrected chi connectivity index (χ3v) is 12.1. The topological polar surface area (TPSA) is 97.9 Å². The molecule has 0 atom stereocenters. The Morgan fingerprint density at radius 1 is 0.967 bits per heavy atom. The van der Waals surface area contributed by atoms with Crippen molar-refractivity contribution in [1.82, 2.24) is 15.3 Å². The monoisotopic (exact) mass is 815 g/mol. The van der Waals surface area contributed by atoms with E-state index in [9.17, 15) is 4.79 Å². The Morgan fingerprint density at radius 2 is 1.77 bits per heavy atom. The lowest BCUT2D eigenvalue weighted by molar-refractivity contribution is -0.119. The third-order valence-electron chi connectivity index (χ3n) is 12.1. The van der Waals surface area contributed by atoms with E-state index in [1.165, 1.54) is 60.2 Å². The number of aryl methyl sites for hydroxylation is 1. The molecule has 3 aliphatic heterocycles. The number of amides is 1. The van der Waals surface area contributed by atoms with E-state index in [4.69, 9.17) is 9.72 Å². The van der Waals surface area contributed by atoms with Crippen molar-refractivity contribution in [2.45, 2.75) is 112 Å². The number of benzene rings is 2. The van der Waals surface area contributed by atoms with Crippen molar-refractivity contribution in [3.8, 4) is 5.88 Å². The molecule has 2 aromatic carbocycles. The number of hydrogen-bond donors (Lipinski definition) is 3. The summed E-state index contributed by atoms with van der Waals surface area (Å²) in [4.78, 5) is 29.7. The maximum absolute atomic E-state index is 12.5. The molecule has 10 heteroatoms. The lowest BCUT2D eigenvalue weighted by atomic mass is 9.91.